The number of nitrogens with zero attached hydrogens (tertiary/aromatic N) is 4. The van der Waals surface area contributed by atoms with Crippen molar-refractivity contribution in [1.29, 1.82) is 21.0 Å². The number of nitriles is 4. The Balaban J connectivity index is 1.99. The Morgan fingerprint density at radius 1 is 0.447 bits per heavy atom. The number of ether oxygens (including phenoxy) is 4. The first kappa shape index (κ1) is 31.7. The molecule has 0 spiro atoms. The predicted molar refractivity (Wildman–Crippen MR) is 176 cm³/mol. The summed E-state index contributed by atoms with van der Waals surface area (Å²) in [5.41, 5.74) is 2.27. The minimum atomic E-state index is -1.89. The average Bonchev–Trinajstić information content (AvgIpc) is 3.14. The van der Waals surface area contributed by atoms with Gasteiger partial charge in [0.25, 0.3) is 0 Å². The van der Waals surface area contributed by atoms with E-state index in [0.717, 1.165) is 0 Å². The van der Waals surface area contributed by atoms with Crippen LogP contribution < -0.4 is 18.9 Å². The van der Waals surface area contributed by atoms with E-state index in [2.05, 4.69) is 12.1 Å². The van der Waals surface area contributed by atoms with Crippen LogP contribution in [0.1, 0.15) is 22.3 Å². The second-order valence-electron chi connectivity index (χ2n) is 10.4. The highest BCUT2D eigenvalue weighted by molar-refractivity contribution is 6.01. The van der Waals surface area contributed by atoms with E-state index in [4.69, 9.17) is 18.9 Å². The van der Waals surface area contributed by atoms with Gasteiger partial charge in [-0.25, -0.2) is 0 Å². The molecule has 4 aromatic rings. The van der Waals surface area contributed by atoms with E-state index in [1.54, 1.807) is 77.0 Å². The number of methoxy groups -OCH3 is 4. The smallest absolute Gasteiger partial charge is 0.196 e. The molecule has 1 aliphatic rings. The predicted octanol–water partition coefficient (Wildman–Crippen LogP) is 7.42. The van der Waals surface area contributed by atoms with Crippen LogP contribution in [0.25, 0.3) is 11.1 Å². The van der Waals surface area contributed by atoms with Gasteiger partial charge in [-0.2, -0.15) is 21.0 Å². The number of rotatable bonds is 8. The molecule has 0 atom stereocenters. The van der Waals surface area contributed by atoms with Gasteiger partial charge in [-0.05, 0) is 81.9 Å². The lowest BCUT2D eigenvalue weighted by Gasteiger charge is -2.43. The fourth-order valence-corrected chi connectivity index (χ4v) is 5.76. The minimum Gasteiger partial charge on any atom is -0.497 e. The zero-order chi connectivity index (χ0) is 33.6. The van der Waals surface area contributed by atoms with Crippen LogP contribution in [0.15, 0.2) is 119 Å². The van der Waals surface area contributed by atoms with Crippen LogP contribution in [0, 0.1) is 50.7 Å². The van der Waals surface area contributed by atoms with E-state index in [9.17, 15) is 21.0 Å². The van der Waals surface area contributed by atoms with E-state index in [1.807, 2.05) is 60.7 Å². The van der Waals surface area contributed by atoms with Gasteiger partial charge in [0.15, 0.2) is 5.41 Å². The summed E-state index contributed by atoms with van der Waals surface area (Å²) in [5, 5.41) is 42.7. The van der Waals surface area contributed by atoms with Crippen molar-refractivity contribution in [1.82, 2.24) is 0 Å². The lowest BCUT2D eigenvalue weighted by molar-refractivity contribution is 0.414. The van der Waals surface area contributed by atoms with Crippen LogP contribution >= 0.6 is 0 Å². The Morgan fingerprint density at radius 3 is 0.894 bits per heavy atom. The molecule has 0 bridgehead atoms. The maximum Gasteiger partial charge on any atom is 0.196 e. The van der Waals surface area contributed by atoms with Crippen molar-refractivity contribution in [3.05, 3.63) is 142 Å². The van der Waals surface area contributed by atoms with Crippen LogP contribution in [-0.4, -0.2) is 28.4 Å². The molecule has 0 aliphatic heterocycles. The normalized spacial score (nSPS) is 12.6. The Bertz CT molecular complexity index is 1830. The topological polar surface area (TPSA) is 132 Å². The Labute approximate surface area is 273 Å². The van der Waals surface area contributed by atoms with Gasteiger partial charge in [0.05, 0.1) is 40.6 Å². The monoisotopic (exact) mass is 616 g/mol. The Hall–Kier alpha value is -6.74. The second-order valence-corrected chi connectivity index (χ2v) is 10.4. The van der Waals surface area contributed by atoms with Gasteiger partial charge in [-0.15, -0.1) is 0 Å². The van der Waals surface area contributed by atoms with Crippen molar-refractivity contribution in [3.8, 4) is 47.3 Å². The van der Waals surface area contributed by atoms with Crippen LogP contribution in [0.2, 0.25) is 0 Å². The Kier molecular flexibility index (Phi) is 9.09. The zero-order valence-corrected chi connectivity index (χ0v) is 26.2. The molecular formula is C39H28N4O4. The molecular weight excluding hydrogens is 588 g/mol. The standard InChI is InChI=1S/C39H28N4O4/c1-44-30-13-5-25(6-14-30)34(26-7-15-31(45-2)16-8-26)37-36(29(21-40)22-41)38(39(37,23-42)24-43)35(27-9-17-32(46-3)18-10-27)28-11-19-33(47-4)20-12-28/h5-20H,1-4H3. The second kappa shape index (κ2) is 13.5. The molecule has 0 saturated heterocycles. The van der Waals surface area contributed by atoms with Crippen molar-refractivity contribution in [2.24, 2.45) is 5.41 Å². The first-order valence-corrected chi connectivity index (χ1v) is 14.4. The molecule has 0 radical (unpaired) electrons. The maximum absolute atomic E-state index is 11.0. The van der Waals surface area contributed by atoms with Crippen molar-refractivity contribution in [2.45, 2.75) is 0 Å². The molecule has 0 unspecified atom stereocenters. The minimum absolute atomic E-state index is 0.223. The third-order valence-corrected chi connectivity index (χ3v) is 8.07. The molecule has 228 valence electrons. The SMILES string of the molecule is COc1ccc(C(=C2C(=C(C#N)C#N)C(=C(c3ccc(OC)cc3)c3ccc(OC)cc3)C2(C#N)C#N)c2ccc(OC)cc2)cc1. The van der Waals surface area contributed by atoms with Crippen LogP contribution in [0.5, 0.6) is 23.0 Å². The number of hydrogen-bond acceptors (Lipinski definition) is 8. The average molecular weight is 617 g/mol. The highest BCUT2D eigenvalue weighted by Gasteiger charge is 2.57. The van der Waals surface area contributed by atoms with Crippen molar-refractivity contribution < 1.29 is 18.9 Å². The fraction of sp³-hybridized carbons (Fsp3) is 0.128. The summed E-state index contributed by atoms with van der Waals surface area (Å²) < 4.78 is 21.5. The highest BCUT2D eigenvalue weighted by atomic mass is 16.5. The van der Waals surface area contributed by atoms with Gasteiger partial charge < -0.3 is 18.9 Å². The first-order chi connectivity index (χ1) is 22.9. The van der Waals surface area contributed by atoms with Gasteiger partial charge in [-0.1, -0.05) is 48.5 Å². The molecule has 0 N–H and O–H groups in total. The fourth-order valence-electron chi connectivity index (χ4n) is 5.76. The first-order valence-electron chi connectivity index (χ1n) is 14.4. The molecule has 1 fully saturated rings. The van der Waals surface area contributed by atoms with E-state index in [-0.39, 0.29) is 22.3 Å². The number of allylic oxidation sites excluding steroid dienone is 4. The molecule has 0 amide bonds. The van der Waals surface area contributed by atoms with Gasteiger partial charge >= 0.3 is 0 Å². The summed E-state index contributed by atoms with van der Waals surface area (Å²) in [6, 6.07) is 37.4. The van der Waals surface area contributed by atoms with Gasteiger partial charge in [-0.3, -0.25) is 0 Å². The summed E-state index contributed by atoms with van der Waals surface area (Å²) in [7, 11) is 6.24. The van der Waals surface area contributed by atoms with Gasteiger partial charge in [0, 0.05) is 16.7 Å². The summed E-state index contributed by atoms with van der Waals surface area (Å²) in [4.78, 5) is 0. The van der Waals surface area contributed by atoms with Crippen molar-refractivity contribution in [2.75, 3.05) is 28.4 Å². The summed E-state index contributed by atoms with van der Waals surface area (Å²) in [6.07, 6.45) is 0. The third-order valence-electron chi connectivity index (χ3n) is 8.07. The molecule has 1 aliphatic carbocycles. The summed E-state index contributed by atoms with van der Waals surface area (Å²) in [6.45, 7) is 0. The highest BCUT2D eigenvalue weighted by Crippen LogP contribution is 2.62. The zero-order valence-electron chi connectivity index (χ0n) is 26.2. The van der Waals surface area contributed by atoms with Crippen molar-refractivity contribution >= 4 is 11.1 Å². The van der Waals surface area contributed by atoms with Gasteiger partial charge in [0.1, 0.15) is 40.7 Å². The molecule has 8 nitrogen and oxygen atoms in total. The molecule has 47 heavy (non-hydrogen) atoms. The molecule has 5 rings (SSSR count). The molecule has 8 heteroatoms. The van der Waals surface area contributed by atoms with E-state index in [1.165, 1.54) is 0 Å². The molecule has 0 heterocycles. The molecule has 1 saturated carbocycles. The van der Waals surface area contributed by atoms with Crippen LogP contribution in [0.3, 0.4) is 0 Å². The summed E-state index contributed by atoms with van der Waals surface area (Å²) in [5.74, 6) is 2.45. The Morgan fingerprint density at radius 2 is 0.702 bits per heavy atom. The number of benzene rings is 4. The largest absolute Gasteiger partial charge is 0.497 e. The quantitative estimate of drug-likeness (QED) is 0.187. The van der Waals surface area contributed by atoms with Crippen molar-refractivity contribution in [3.63, 3.8) is 0 Å². The third kappa shape index (κ3) is 5.53. The summed E-state index contributed by atoms with van der Waals surface area (Å²) >= 11 is 0. The lowest BCUT2D eigenvalue weighted by atomic mass is 9.53. The lowest BCUT2D eigenvalue weighted by Crippen LogP contribution is -2.38. The number of hydrogen-bond donors (Lipinski definition) is 0. The molecule has 4 aromatic carbocycles. The maximum atomic E-state index is 11.0. The molecule has 0 aromatic heterocycles. The van der Waals surface area contributed by atoms with Gasteiger partial charge in [0.2, 0.25) is 0 Å². The van der Waals surface area contributed by atoms with E-state index >= 15 is 0 Å². The van der Waals surface area contributed by atoms with Crippen LogP contribution in [-0.2, 0) is 0 Å². The van der Waals surface area contributed by atoms with E-state index < -0.39 is 5.41 Å². The van der Waals surface area contributed by atoms with Crippen LogP contribution in [0.4, 0.5) is 0 Å². The van der Waals surface area contributed by atoms with E-state index in [0.29, 0.717) is 56.4 Å².